The zero-order valence-corrected chi connectivity index (χ0v) is 16.3. The first kappa shape index (κ1) is 18.5. The Hall–Kier alpha value is -2.29. The van der Waals surface area contributed by atoms with E-state index in [1.54, 1.807) is 18.2 Å². The third kappa shape index (κ3) is 4.09. The first-order valence-electron chi connectivity index (χ1n) is 7.98. The monoisotopic (exact) mass is 389 g/mol. The zero-order valence-electron chi connectivity index (χ0n) is 14.7. The summed E-state index contributed by atoms with van der Waals surface area (Å²) in [5, 5.41) is 3.56. The number of amides is 1. The SMILES string of the molecule is Cc1nc2ccc(S(=O)(=O)NCC(=O)Nc3ccc(C)c(C)c3)cc2s1. The molecule has 0 aliphatic rings. The van der Waals surface area contributed by atoms with Crippen LogP contribution in [0.3, 0.4) is 0 Å². The maximum absolute atomic E-state index is 12.4. The lowest BCUT2D eigenvalue weighted by atomic mass is 10.1. The Morgan fingerprint density at radius 3 is 2.58 bits per heavy atom. The predicted octanol–water partition coefficient (Wildman–Crippen LogP) is 3.14. The van der Waals surface area contributed by atoms with Crippen LogP contribution in [0.25, 0.3) is 10.2 Å². The van der Waals surface area contributed by atoms with Crippen molar-refractivity contribution in [2.45, 2.75) is 25.7 Å². The number of benzene rings is 2. The third-order valence-electron chi connectivity index (χ3n) is 3.99. The first-order chi connectivity index (χ1) is 12.2. The minimum Gasteiger partial charge on any atom is -0.325 e. The molecule has 0 radical (unpaired) electrons. The number of aryl methyl sites for hydroxylation is 3. The Kier molecular flexibility index (Phi) is 5.08. The number of aromatic nitrogens is 1. The van der Waals surface area contributed by atoms with Crippen molar-refractivity contribution in [2.24, 2.45) is 0 Å². The van der Waals surface area contributed by atoms with Crippen LogP contribution in [0.15, 0.2) is 41.3 Å². The summed E-state index contributed by atoms with van der Waals surface area (Å²) in [6.45, 7) is 5.46. The standard InChI is InChI=1S/C18H19N3O3S2/c1-11-4-5-14(8-12(11)2)21-18(22)10-19-26(23,24)15-6-7-16-17(9-15)25-13(3)20-16/h4-9,19H,10H2,1-3H3,(H,21,22). The van der Waals surface area contributed by atoms with Crippen molar-refractivity contribution in [3.8, 4) is 0 Å². The molecule has 0 saturated carbocycles. The summed E-state index contributed by atoms with van der Waals surface area (Å²) >= 11 is 1.43. The summed E-state index contributed by atoms with van der Waals surface area (Å²) in [5.74, 6) is -0.424. The summed E-state index contributed by atoms with van der Waals surface area (Å²) in [6.07, 6.45) is 0. The Balaban J connectivity index is 1.68. The van der Waals surface area contributed by atoms with Gasteiger partial charge in [-0.05, 0) is 62.2 Å². The average molecular weight is 390 g/mol. The van der Waals surface area contributed by atoms with Crippen LogP contribution in [0.1, 0.15) is 16.1 Å². The number of nitrogens with zero attached hydrogens (tertiary/aromatic N) is 1. The molecule has 1 aromatic heterocycles. The van der Waals surface area contributed by atoms with Gasteiger partial charge in [-0.25, -0.2) is 18.1 Å². The lowest BCUT2D eigenvalue weighted by molar-refractivity contribution is -0.115. The van der Waals surface area contributed by atoms with Crippen molar-refractivity contribution in [2.75, 3.05) is 11.9 Å². The normalized spacial score (nSPS) is 11.7. The number of carbonyl (C=O) groups is 1. The number of hydrogen-bond donors (Lipinski definition) is 2. The molecular formula is C18H19N3O3S2. The van der Waals surface area contributed by atoms with E-state index in [9.17, 15) is 13.2 Å². The highest BCUT2D eigenvalue weighted by atomic mass is 32.2. The number of rotatable bonds is 5. The molecule has 1 heterocycles. The lowest BCUT2D eigenvalue weighted by Gasteiger charge is -2.09. The van der Waals surface area contributed by atoms with Crippen LogP contribution < -0.4 is 10.0 Å². The van der Waals surface area contributed by atoms with Gasteiger partial charge >= 0.3 is 0 Å². The lowest BCUT2D eigenvalue weighted by Crippen LogP contribution is -2.32. The first-order valence-corrected chi connectivity index (χ1v) is 10.3. The average Bonchev–Trinajstić information content (AvgIpc) is 2.95. The minimum atomic E-state index is -3.78. The number of carbonyl (C=O) groups excluding carboxylic acids is 1. The number of nitrogens with one attached hydrogen (secondary N) is 2. The summed E-state index contributed by atoms with van der Waals surface area (Å²) in [5.41, 5.74) is 3.58. The fourth-order valence-electron chi connectivity index (χ4n) is 2.46. The van der Waals surface area contributed by atoms with Crippen molar-refractivity contribution in [1.29, 1.82) is 0 Å². The van der Waals surface area contributed by atoms with E-state index in [1.807, 2.05) is 32.9 Å². The molecule has 3 aromatic rings. The summed E-state index contributed by atoms with van der Waals surface area (Å²) in [6, 6.07) is 10.3. The van der Waals surface area contributed by atoms with Crippen molar-refractivity contribution in [3.63, 3.8) is 0 Å². The molecule has 0 saturated heterocycles. The maximum atomic E-state index is 12.4. The fourth-order valence-corrected chi connectivity index (χ4v) is 4.40. The van der Waals surface area contributed by atoms with Gasteiger partial charge < -0.3 is 5.32 Å². The van der Waals surface area contributed by atoms with E-state index in [2.05, 4.69) is 15.0 Å². The molecule has 2 aromatic carbocycles. The van der Waals surface area contributed by atoms with Gasteiger partial charge in [-0.3, -0.25) is 4.79 Å². The number of anilines is 1. The van der Waals surface area contributed by atoms with Crippen LogP contribution in [0.2, 0.25) is 0 Å². The van der Waals surface area contributed by atoms with Gasteiger partial charge in [-0.1, -0.05) is 6.07 Å². The van der Waals surface area contributed by atoms with E-state index in [-0.39, 0.29) is 11.4 Å². The molecular weight excluding hydrogens is 370 g/mol. The molecule has 0 unspecified atom stereocenters. The molecule has 0 aliphatic heterocycles. The Morgan fingerprint density at radius 2 is 1.85 bits per heavy atom. The van der Waals surface area contributed by atoms with Gasteiger partial charge in [-0.15, -0.1) is 11.3 Å². The van der Waals surface area contributed by atoms with E-state index in [1.165, 1.54) is 17.4 Å². The molecule has 3 rings (SSSR count). The van der Waals surface area contributed by atoms with Crippen LogP contribution >= 0.6 is 11.3 Å². The van der Waals surface area contributed by atoms with E-state index in [0.29, 0.717) is 5.69 Å². The summed E-state index contributed by atoms with van der Waals surface area (Å²) < 4.78 is 28.0. The van der Waals surface area contributed by atoms with Gasteiger partial charge in [0.2, 0.25) is 15.9 Å². The third-order valence-corrected chi connectivity index (χ3v) is 6.32. The molecule has 136 valence electrons. The van der Waals surface area contributed by atoms with Crippen molar-refractivity contribution in [1.82, 2.24) is 9.71 Å². The van der Waals surface area contributed by atoms with E-state index in [4.69, 9.17) is 0 Å². The predicted molar refractivity (Wildman–Crippen MR) is 104 cm³/mol. The molecule has 0 atom stereocenters. The number of thiazole rings is 1. The molecule has 1 amide bonds. The van der Waals surface area contributed by atoms with Gasteiger partial charge in [0.1, 0.15) is 0 Å². The fraction of sp³-hybridized carbons (Fsp3) is 0.222. The Labute approximate surface area is 156 Å². The van der Waals surface area contributed by atoms with Crippen LogP contribution in [0.4, 0.5) is 5.69 Å². The van der Waals surface area contributed by atoms with E-state index < -0.39 is 15.9 Å². The van der Waals surface area contributed by atoms with Gasteiger partial charge in [0.25, 0.3) is 0 Å². The molecule has 2 N–H and O–H groups in total. The number of hydrogen-bond acceptors (Lipinski definition) is 5. The van der Waals surface area contributed by atoms with Crippen LogP contribution in [-0.4, -0.2) is 25.9 Å². The molecule has 26 heavy (non-hydrogen) atoms. The van der Waals surface area contributed by atoms with E-state index in [0.717, 1.165) is 26.4 Å². The quantitative estimate of drug-likeness (QED) is 0.702. The smallest absolute Gasteiger partial charge is 0.241 e. The Morgan fingerprint density at radius 1 is 1.08 bits per heavy atom. The van der Waals surface area contributed by atoms with Crippen LogP contribution in [-0.2, 0) is 14.8 Å². The second-order valence-electron chi connectivity index (χ2n) is 6.03. The minimum absolute atomic E-state index is 0.118. The molecule has 8 heteroatoms. The van der Waals surface area contributed by atoms with Crippen molar-refractivity contribution < 1.29 is 13.2 Å². The Bertz CT molecular complexity index is 1090. The summed E-state index contributed by atoms with van der Waals surface area (Å²) in [4.78, 5) is 16.5. The van der Waals surface area contributed by atoms with Gasteiger partial charge in [0, 0.05) is 5.69 Å². The molecule has 0 spiro atoms. The topological polar surface area (TPSA) is 88.2 Å². The highest BCUT2D eigenvalue weighted by Crippen LogP contribution is 2.24. The second kappa shape index (κ2) is 7.14. The molecule has 0 bridgehead atoms. The van der Waals surface area contributed by atoms with Crippen molar-refractivity contribution in [3.05, 3.63) is 52.5 Å². The maximum Gasteiger partial charge on any atom is 0.241 e. The number of sulfonamides is 1. The van der Waals surface area contributed by atoms with Gasteiger partial charge in [-0.2, -0.15) is 0 Å². The molecule has 6 nitrogen and oxygen atoms in total. The van der Waals surface area contributed by atoms with E-state index >= 15 is 0 Å². The van der Waals surface area contributed by atoms with Crippen molar-refractivity contribution >= 4 is 43.2 Å². The molecule has 0 aliphatic carbocycles. The highest BCUT2D eigenvalue weighted by Gasteiger charge is 2.17. The van der Waals surface area contributed by atoms with Crippen LogP contribution in [0.5, 0.6) is 0 Å². The van der Waals surface area contributed by atoms with Gasteiger partial charge in [0.05, 0.1) is 26.7 Å². The highest BCUT2D eigenvalue weighted by molar-refractivity contribution is 7.89. The second-order valence-corrected chi connectivity index (χ2v) is 9.04. The van der Waals surface area contributed by atoms with Gasteiger partial charge in [0.15, 0.2) is 0 Å². The summed E-state index contributed by atoms with van der Waals surface area (Å²) in [7, 11) is -3.78. The zero-order chi connectivity index (χ0) is 18.9. The molecule has 0 fully saturated rings. The largest absolute Gasteiger partial charge is 0.325 e. The van der Waals surface area contributed by atoms with Crippen LogP contribution in [0, 0.1) is 20.8 Å². The number of fused-ring (bicyclic) bond motifs is 1.